The highest BCUT2D eigenvalue weighted by atomic mass is 35.5. The van der Waals surface area contributed by atoms with Crippen molar-refractivity contribution in [1.29, 1.82) is 0 Å². The van der Waals surface area contributed by atoms with E-state index in [1.54, 1.807) is 0 Å². The zero-order valence-electron chi connectivity index (χ0n) is 16.3. The van der Waals surface area contributed by atoms with Crippen LogP contribution in [0.3, 0.4) is 0 Å². The van der Waals surface area contributed by atoms with Crippen molar-refractivity contribution in [2.75, 3.05) is 0 Å². The van der Waals surface area contributed by atoms with Gasteiger partial charge in [0, 0.05) is 23.5 Å². The molecule has 0 aliphatic heterocycles. The number of nitrogens with two attached hydrogens (primary N) is 1. The van der Waals surface area contributed by atoms with Crippen LogP contribution in [0.1, 0.15) is 27.4 Å². The first kappa shape index (κ1) is 24.9. The molecule has 0 fully saturated rings. The zero-order chi connectivity index (χ0) is 24.3. The SMILES string of the molecule is NNC(=O)c1ccc(/C(F)=C/C(c2cc(Cl)c(Cl)c(Cl)c2)C(F)(F)F)cc1-c1ncccn1. The van der Waals surface area contributed by atoms with Gasteiger partial charge in [0.25, 0.3) is 5.91 Å². The van der Waals surface area contributed by atoms with Crippen LogP contribution in [-0.4, -0.2) is 22.1 Å². The molecule has 0 saturated heterocycles. The van der Waals surface area contributed by atoms with Gasteiger partial charge in [-0.3, -0.25) is 10.2 Å². The number of hydrogen-bond acceptors (Lipinski definition) is 4. The third-order valence-corrected chi connectivity index (χ3v) is 5.71. The zero-order valence-corrected chi connectivity index (χ0v) is 18.6. The van der Waals surface area contributed by atoms with Crippen LogP contribution >= 0.6 is 34.8 Å². The van der Waals surface area contributed by atoms with E-state index in [1.165, 1.54) is 24.5 Å². The van der Waals surface area contributed by atoms with E-state index in [4.69, 9.17) is 40.6 Å². The van der Waals surface area contributed by atoms with Crippen LogP contribution in [0, 0.1) is 0 Å². The van der Waals surface area contributed by atoms with Crippen LogP contribution in [0.25, 0.3) is 17.2 Å². The van der Waals surface area contributed by atoms with Gasteiger partial charge in [-0.2, -0.15) is 13.2 Å². The summed E-state index contributed by atoms with van der Waals surface area (Å²) in [7, 11) is 0. The normalized spacial score (nSPS) is 13.0. The summed E-state index contributed by atoms with van der Waals surface area (Å²) in [4.78, 5) is 20.1. The number of nitrogens with zero attached hydrogens (tertiary/aromatic N) is 2. The van der Waals surface area contributed by atoms with Gasteiger partial charge in [0.05, 0.1) is 20.6 Å². The highest BCUT2D eigenvalue weighted by molar-refractivity contribution is 6.48. The van der Waals surface area contributed by atoms with E-state index in [2.05, 4.69) is 9.97 Å². The quantitative estimate of drug-likeness (QED) is 0.135. The second-order valence-electron chi connectivity index (χ2n) is 6.64. The van der Waals surface area contributed by atoms with Crippen LogP contribution in [-0.2, 0) is 0 Å². The third kappa shape index (κ3) is 5.62. The van der Waals surface area contributed by atoms with E-state index in [-0.39, 0.29) is 37.6 Å². The number of halogens is 7. The standard InChI is InChI=1S/C21H13Cl3F4N4O/c22-15-7-11(8-16(23)18(15)24)14(21(26,27)28)9-17(25)10-2-3-12(20(33)32-29)13(6-10)19-30-4-1-5-31-19/h1-9,14H,29H2,(H,32,33)/b17-9-. The number of nitrogen functional groups attached to an aromatic ring is 1. The molecule has 0 aliphatic carbocycles. The topological polar surface area (TPSA) is 80.9 Å². The molecule has 33 heavy (non-hydrogen) atoms. The van der Waals surface area contributed by atoms with E-state index < -0.39 is 29.4 Å². The van der Waals surface area contributed by atoms with E-state index >= 15 is 4.39 Å². The maximum Gasteiger partial charge on any atom is 0.399 e. The molecule has 0 bridgehead atoms. The minimum Gasteiger partial charge on any atom is -0.290 e. The number of hydrogen-bond donors (Lipinski definition) is 2. The number of amides is 1. The Morgan fingerprint density at radius 2 is 1.67 bits per heavy atom. The molecule has 5 nitrogen and oxygen atoms in total. The lowest BCUT2D eigenvalue weighted by Gasteiger charge is -2.19. The molecule has 0 saturated carbocycles. The molecule has 3 rings (SSSR count). The number of alkyl halides is 3. The van der Waals surface area contributed by atoms with Crippen molar-refractivity contribution >= 4 is 46.5 Å². The lowest BCUT2D eigenvalue weighted by atomic mass is 9.95. The number of benzene rings is 2. The Morgan fingerprint density at radius 3 is 2.21 bits per heavy atom. The molecule has 0 spiro atoms. The highest BCUT2D eigenvalue weighted by Crippen LogP contribution is 2.42. The van der Waals surface area contributed by atoms with Crippen molar-refractivity contribution in [3.63, 3.8) is 0 Å². The van der Waals surface area contributed by atoms with Gasteiger partial charge < -0.3 is 0 Å². The van der Waals surface area contributed by atoms with Gasteiger partial charge in [-0.15, -0.1) is 0 Å². The van der Waals surface area contributed by atoms with Gasteiger partial charge in [0.15, 0.2) is 5.82 Å². The number of rotatable bonds is 5. The largest absolute Gasteiger partial charge is 0.399 e. The van der Waals surface area contributed by atoms with Gasteiger partial charge in [-0.1, -0.05) is 40.9 Å². The molecular formula is C21H13Cl3F4N4O. The third-order valence-electron chi connectivity index (χ3n) is 4.51. The monoisotopic (exact) mass is 518 g/mol. The number of nitrogens with one attached hydrogen (secondary N) is 1. The van der Waals surface area contributed by atoms with Crippen LogP contribution in [0.4, 0.5) is 17.6 Å². The second kappa shape index (κ2) is 10.0. The van der Waals surface area contributed by atoms with Crippen molar-refractivity contribution < 1.29 is 22.4 Å². The van der Waals surface area contributed by atoms with E-state index in [0.29, 0.717) is 6.08 Å². The van der Waals surface area contributed by atoms with Crippen LogP contribution in [0.2, 0.25) is 15.1 Å². The summed E-state index contributed by atoms with van der Waals surface area (Å²) >= 11 is 17.5. The summed E-state index contributed by atoms with van der Waals surface area (Å²) < 4.78 is 56.5. The van der Waals surface area contributed by atoms with Gasteiger partial charge >= 0.3 is 6.18 Å². The summed E-state index contributed by atoms with van der Waals surface area (Å²) in [6.07, 6.45) is -1.72. The molecule has 12 heteroatoms. The molecule has 0 aliphatic rings. The first-order chi connectivity index (χ1) is 15.5. The molecular weight excluding hydrogens is 507 g/mol. The molecule has 3 N–H and O–H groups in total. The fourth-order valence-electron chi connectivity index (χ4n) is 2.97. The fourth-order valence-corrected chi connectivity index (χ4v) is 3.58. The molecule has 1 amide bonds. The number of carbonyl (C=O) groups excluding carboxylic acids is 1. The molecule has 1 heterocycles. The lowest BCUT2D eigenvalue weighted by Crippen LogP contribution is -2.30. The van der Waals surface area contributed by atoms with Gasteiger partial charge in [-0.25, -0.2) is 20.2 Å². The highest BCUT2D eigenvalue weighted by Gasteiger charge is 2.40. The fraction of sp³-hybridized carbons (Fsp3) is 0.0952. The Balaban J connectivity index is 2.13. The van der Waals surface area contributed by atoms with Crippen molar-refractivity contribution in [2.24, 2.45) is 5.84 Å². The smallest absolute Gasteiger partial charge is 0.290 e. The molecule has 1 unspecified atom stereocenters. The first-order valence-corrected chi connectivity index (χ1v) is 10.2. The predicted molar refractivity (Wildman–Crippen MR) is 118 cm³/mol. The van der Waals surface area contributed by atoms with Crippen LogP contribution < -0.4 is 11.3 Å². The first-order valence-electron chi connectivity index (χ1n) is 9.04. The molecule has 1 aromatic heterocycles. The van der Waals surface area contributed by atoms with Crippen LogP contribution in [0.5, 0.6) is 0 Å². The van der Waals surface area contributed by atoms with Gasteiger partial charge in [0.1, 0.15) is 11.7 Å². The Labute approximate surface area is 200 Å². The number of hydrazine groups is 1. The number of allylic oxidation sites excluding steroid dienone is 1. The van der Waals surface area contributed by atoms with E-state index in [9.17, 15) is 18.0 Å². The minimum atomic E-state index is -4.87. The molecule has 172 valence electrons. The van der Waals surface area contributed by atoms with E-state index in [1.807, 2.05) is 5.43 Å². The minimum absolute atomic E-state index is 0.00360. The summed E-state index contributed by atoms with van der Waals surface area (Å²) in [6.45, 7) is 0. The van der Waals surface area contributed by atoms with Crippen molar-refractivity contribution in [3.8, 4) is 11.4 Å². The van der Waals surface area contributed by atoms with Gasteiger partial charge in [-0.05, 0) is 42.0 Å². The van der Waals surface area contributed by atoms with Gasteiger partial charge in [0.2, 0.25) is 0 Å². The number of carbonyl (C=O) groups is 1. The van der Waals surface area contributed by atoms with Crippen molar-refractivity contribution in [2.45, 2.75) is 12.1 Å². The maximum atomic E-state index is 15.1. The predicted octanol–water partition coefficient (Wildman–Crippen LogP) is 6.36. The summed E-state index contributed by atoms with van der Waals surface area (Å²) in [6, 6.07) is 6.95. The lowest BCUT2D eigenvalue weighted by molar-refractivity contribution is -0.139. The molecule has 2 aromatic carbocycles. The van der Waals surface area contributed by atoms with Crippen molar-refractivity contribution in [1.82, 2.24) is 15.4 Å². The van der Waals surface area contributed by atoms with Crippen LogP contribution in [0.15, 0.2) is 54.9 Å². The Hall–Kier alpha value is -2.72. The summed E-state index contributed by atoms with van der Waals surface area (Å²) in [5.74, 6) is 0.922. The Morgan fingerprint density at radius 1 is 1.06 bits per heavy atom. The maximum absolute atomic E-state index is 15.1. The average Bonchev–Trinajstić information content (AvgIpc) is 2.79. The molecule has 0 radical (unpaired) electrons. The Bertz CT molecular complexity index is 1200. The van der Waals surface area contributed by atoms with Crippen molar-refractivity contribution in [3.05, 3.63) is 86.6 Å². The van der Waals surface area contributed by atoms with E-state index in [0.717, 1.165) is 24.3 Å². The average molecular weight is 520 g/mol. The summed E-state index contributed by atoms with van der Waals surface area (Å²) in [5, 5.41) is -0.528. The number of aromatic nitrogens is 2. The molecule has 3 aromatic rings. The Kier molecular flexibility index (Phi) is 7.58. The molecule has 1 atom stereocenters. The summed E-state index contributed by atoms with van der Waals surface area (Å²) in [5.41, 5.74) is 1.37. The second-order valence-corrected chi connectivity index (χ2v) is 7.83.